The van der Waals surface area contributed by atoms with Crippen LogP contribution in [-0.4, -0.2) is 34.6 Å². The number of halogens is 10. The number of nitrogens with one attached hydrogen (secondary N) is 1. The van der Waals surface area contributed by atoms with Crippen LogP contribution in [0, 0.1) is 0 Å². The minimum atomic E-state index is -6.69. The maximum absolute atomic E-state index is 13.5. The maximum atomic E-state index is 13.5. The molecule has 24 heavy (non-hydrogen) atoms. The van der Waals surface area contributed by atoms with Crippen molar-refractivity contribution in [1.82, 2.24) is 4.98 Å². The number of aromatic nitrogens is 1. The molecule has 1 amide bonds. The van der Waals surface area contributed by atoms with Crippen LogP contribution in [-0.2, 0) is 4.79 Å². The Balaban J connectivity index is 3.20. The van der Waals surface area contributed by atoms with Crippen molar-refractivity contribution >= 4 is 34.8 Å². The van der Waals surface area contributed by atoms with Crippen molar-refractivity contribution in [3.63, 3.8) is 0 Å². The number of hydrogen-bond donors (Lipinski definition) is 1. The van der Waals surface area contributed by atoms with Gasteiger partial charge in [-0.1, -0.05) is 23.2 Å². The molecule has 1 heterocycles. The molecule has 0 fully saturated rings. The topological polar surface area (TPSA) is 42.0 Å². The number of rotatable bonds is 5. The molecule has 0 saturated heterocycles. The molecule has 1 N–H and O–H groups in total. The molecule has 136 valence electrons. The van der Waals surface area contributed by atoms with Gasteiger partial charge in [0, 0.05) is 12.6 Å². The quantitative estimate of drug-likeness (QED) is 0.560. The lowest BCUT2D eigenvalue weighted by Gasteiger charge is -2.34. The van der Waals surface area contributed by atoms with E-state index < -0.39 is 52.5 Å². The highest BCUT2D eigenvalue weighted by molar-refractivity contribution is 6.33. The summed E-state index contributed by atoms with van der Waals surface area (Å²) in [4.78, 5) is 14.6. The van der Waals surface area contributed by atoms with Crippen molar-refractivity contribution in [2.45, 2.75) is 30.6 Å². The summed E-state index contributed by atoms with van der Waals surface area (Å²) in [6.07, 6.45) is 0. The van der Waals surface area contributed by atoms with E-state index >= 15 is 0 Å². The summed E-state index contributed by atoms with van der Waals surface area (Å²) in [6, 6.07) is 1.37. The lowest BCUT2D eigenvalue weighted by molar-refractivity contribution is -0.351. The van der Waals surface area contributed by atoms with Crippen LogP contribution in [0.5, 0.6) is 0 Å². The van der Waals surface area contributed by atoms with Crippen molar-refractivity contribution in [3.05, 3.63) is 22.4 Å². The Kier molecular flexibility index (Phi) is 5.32. The summed E-state index contributed by atoms with van der Waals surface area (Å²) < 4.78 is 105. The third-order valence-electron chi connectivity index (χ3n) is 2.65. The minimum Gasteiger partial charge on any atom is -0.320 e. The van der Waals surface area contributed by atoms with Crippen LogP contribution in [0.4, 0.5) is 40.8 Å². The Hall–Kier alpha value is -1.36. The fourth-order valence-corrected chi connectivity index (χ4v) is 1.82. The first-order valence-electron chi connectivity index (χ1n) is 5.70. The van der Waals surface area contributed by atoms with Gasteiger partial charge in [0.25, 0.3) is 0 Å². The van der Waals surface area contributed by atoms with Crippen LogP contribution in [0.15, 0.2) is 12.1 Å². The predicted octanol–water partition coefficient (Wildman–Crippen LogP) is 4.89. The Morgan fingerprint density at radius 1 is 0.958 bits per heavy atom. The molecule has 0 unspecified atom stereocenters. The predicted molar refractivity (Wildman–Crippen MR) is 68.3 cm³/mol. The van der Waals surface area contributed by atoms with Gasteiger partial charge in [-0.3, -0.25) is 4.79 Å². The second kappa shape index (κ2) is 6.17. The van der Waals surface area contributed by atoms with E-state index in [9.17, 15) is 39.9 Å². The lowest BCUT2D eigenvalue weighted by atomic mass is 9.99. The van der Waals surface area contributed by atoms with Gasteiger partial charge in [-0.2, -0.15) is 35.1 Å². The van der Waals surface area contributed by atoms with E-state index in [1.165, 1.54) is 0 Å². The summed E-state index contributed by atoms with van der Waals surface area (Å²) in [5, 5.41) is 0.245. The summed E-state index contributed by atoms with van der Waals surface area (Å²) in [6.45, 7) is -0.683. The van der Waals surface area contributed by atoms with Gasteiger partial charge in [-0.15, -0.1) is 0 Å². The van der Waals surface area contributed by atoms with Crippen LogP contribution in [0.3, 0.4) is 0 Å². The van der Waals surface area contributed by atoms with Crippen LogP contribution >= 0.6 is 23.2 Å². The first-order chi connectivity index (χ1) is 10.5. The molecule has 0 aliphatic heterocycles. The lowest BCUT2D eigenvalue weighted by Crippen LogP contribution is -2.64. The van der Waals surface area contributed by atoms with Crippen molar-refractivity contribution in [3.8, 4) is 0 Å². The van der Waals surface area contributed by atoms with Gasteiger partial charge in [0.15, 0.2) is 0 Å². The number of carbonyl (C=O) groups is 1. The van der Waals surface area contributed by atoms with Crippen molar-refractivity contribution < 1.29 is 39.9 Å². The third-order valence-corrected chi connectivity index (χ3v) is 3.03. The maximum Gasteiger partial charge on any atom is 0.393 e. The van der Waals surface area contributed by atoms with Crippen molar-refractivity contribution in [2.75, 3.05) is 5.32 Å². The fraction of sp³-hybridized carbons (Fsp3) is 0.455. The van der Waals surface area contributed by atoms with Gasteiger partial charge >= 0.3 is 29.6 Å². The Morgan fingerprint density at radius 2 is 1.38 bits per heavy atom. The normalized spacial score (nSPS) is 13.8. The number of carbonyl (C=O) groups excluding carboxylic acids is 1. The van der Waals surface area contributed by atoms with E-state index in [2.05, 4.69) is 4.98 Å². The molecular formula is C11H6Cl2F8N2O. The molecule has 13 heteroatoms. The number of anilines is 1. The second-order valence-corrected chi connectivity index (χ2v) is 5.34. The molecular weight excluding hydrogens is 399 g/mol. The van der Waals surface area contributed by atoms with E-state index in [-0.39, 0.29) is 0 Å². The van der Waals surface area contributed by atoms with Gasteiger partial charge in [0.2, 0.25) is 0 Å². The molecule has 0 spiro atoms. The molecule has 0 saturated carbocycles. The highest BCUT2D eigenvalue weighted by atomic mass is 35.5. The monoisotopic (exact) mass is 404 g/mol. The zero-order valence-electron chi connectivity index (χ0n) is 11.3. The average molecular weight is 405 g/mol. The Morgan fingerprint density at radius 3 is 1.75 bits per heavy atom. The molecule has 0 aliphatic rings. The van der Waals surface area contributed by atoms with Gasteiger partial charge in [-0.05, 0) is 12.1 Å². The smallest absolute Gasteiger partial charge is 0.320 e. The average Bonchev–Trinajstić information content (AvgIpc) is 2.35. The first-order valence-corrected chi connectivity index (χ1v) is 6.45. The summed E-state index contributed by atoms with van der Waals surface area (Å²) in [7, 11) is 0. The van der Waals surface area contributed by atoms with Crippen molar-refractivity contribution in [2.24, 2.45) is 0 Å². The molecule has 1 aromatic rings. The van der Waals surface area contributed by atoms with E-state index in [1.54, 1.807) is 0 Å². The zero-order chi connectivity index (χ0) is 19.1. The standard InChI is InChI=1S/C11H6Cl2F8N2O/c1-8(14,15)10(18,19)11(20,21)9(16,17)7(24)22-4-2-5(12)23-6(13)3-4/h2-3H,1H3,(H,22,23,24). The van der Waals surface area contributed by atoms with Crippen LogP contribution in [0.1, 0.15) is 6.92 Å². The fourth-order valence-electron chi connectivity index (χ4n) is 1.36. The van der Waals surface area contributed by atoms with Gasteiger partial charge < -0.3 is 5.32 Å². The number of hydrogen-bond acceptors (Lipinski definition) is 2. The largest absolute Gasteiger partial charge is 0.393 e. The van der Waals surface area contributed by atoms with Gasteiger partial charge in [-0.25, -0.2) is 4.98 Å². The number of pyridine rings is 1. The summed E-state index contributed by atoms with van der Waals surface area (Å²) in [5.41, 5.74) is -0.688. The number of alkyl halides is 8. The van der Waals surface area contributed by atoms with E-state index in [0.29, 0.717) is 12.1 Å². The van der Waals surface area contributed by atoms with E-state index in [1.807, 2.05) is 0 Å². The number of amides is 1. The molecule has 0 aliphatic carbocycles. The zero-order valence-corrected chi connectivity index (χ0v) is 12.8. The molecule has 3 nitrogen and oxygen atoms in total. The van der Waals surface area contributed by atoms with Crippen LogP contribution in [0.25, 0.3) is 0 Å². The van der Waals surface area contributed by atoms with Crippen LogP contribution < -0.4 is 5.32 Å². The molecule has 0 atom stereocenters. The summed E-state index contributed by atoms with van der Waals surface area (Å²) in [5.74, 6) is -27.9. The van der Waals surface area contributed by atoms with Gasteiger partial charge in [0.1, 0.15) is 10.3 Å². The molecule has 1 aromatic heterocycles. The second-order valence-electron chi connectivity index (χ2n) is 4.57. The van der Waals surface area contributed by atoms with Gasteiger partial charge in [0.05, 0.1) is 0 Å². The Bertz CT molecular complexity index is 627. The molecule has 0 aromatic carbocycles. The highest BCUT2D eigenvalue weighted by Crippen LogP contribution is 2.52. The first kappa shape index (κ1) is 20.7. The SMILES string of the molecule is CC(F)(F)C(F)(F)C(F)(F)C(F)(F)C(=O)Nc1cc(Cl)nc(Cl)c1. The molecule has 1 rings (SSSR count). The minimum absolute atomic E-state index is 0.446. The molecule has 0 radical (unpaired) electrons. The summed E-state index contributed by atoms with van der Waals surface area (Å²) >= 11 is 10.7. The Labute approximate surface area is 138 Å². The van der Waals surface area contributed by atoms with Crippen LogP contribution in [0.2, 0.25) is 10.3 Å². The van der Waals surface area contributed by atoms with Crippen molar-refractivity contribution in [1.29, 1.82) is 0 Å². The number of nitrogens with zero attached hydrogens (tertiary/aromatic N) is 1. The third kappa shape index (κ3) is 3.51. The van der Waals surface area contributed by atoms with E-state index in [0.717, 1.165) is 5.32 Å². The van der Waals surface area contributed by atoms with E-state index in [4.69, 9.17) is 23.2 Å². The highest BCUT2D eigenvalue weighted by Gasteiger charge is 2.81. The molecule has 0 bridgehead atoms.